The lowest BCUT2D eigenvalue weighted by atomic mass is 9.93. The first-order valence-corrected chi connectivity index (χ1v) is 8.60. The molecule has 0 spiro atoms. The molecule has 0 saturated carbocycles. The van der Waals surface area contributed by atoms with Crippen molar-refractivity contribution in [3.05, 3.63) is 59.2 Å². The average Bonchev–Trinajstić information content (AvgIpc) is 3.04. The van der Waals surface area contributed by atoms with Gasteiger partial charge in [-0.3, -0.25) is 0 Å². The molecule has 4 rings (SSSR count). The van der Waals surface area contributed by atoms with E-state index in [9.17, 15) is 0 Å². The van der Waals surface area contributed by atoms with Gasteiger partial charge in [-0.2, -0.15) is 0 Å². The molecule has 2 heterocycles. The first-order valence-electron chi connectivity index (χ1n) is 8.60. The second kappa shape index (κ2) is 5.59. The number of ether oxygens (including phenoxy) is 1. The van der Waals surface area contributed by atoms with Crippen LogP contribution in [0.15, 0.2) is 48.0 Å². The Labute approximate surface area is 144 Å². The first kappa shape index (κ1) is 15.1. The second-order valence-electron chi connectivity index (χ2n) is 6.71. The van der Waals surface area contributed by atoms with Crippen LogP contribution in [-0.4, -0.2) is 26.7 Å². The number of anilines is 2. The second-order valence-corrected chi connectivity index (χ2v) is 6.71. The summed E-state index contributed by atoms with van der Waals surface area (Å²) in [7, 11) is 3.93. The van der Waals surface area contributed by atoms with Crippen LogP contribution in [0.4, 0.5) is 11.4 Å². The Balaban J connectivity index is 1.93. The molecule has 0 saturated heterocycles. The predicted octanol–water partition coefficient (Wildman–Crippen LogP) is 4.46. The fourth-order valence-electron chi connectivity index (χ4n) is 4.14. The van der Waals surface area contributed by atoms with E-state index in [0.717, 1.165) is 18.7 Å². The summed E-state index contributed by atoms with van der Waals surface area (Å²) in [5.41, 5.74) is 8.03. The maximum atomic E-state index is 5.66. The smallest absolute Gasteiger partial charge is 0.142 e. The molecule has 0 radical (unpaired) electrons. The van der Waals surface area contributed by atoms with Gasteiger partial charge >= 0.3 is 0 Å². The summed E-state index contributed by atoms with van der Waals surface area (Å²) >= 11 is 0. The molecule has 0 bridgehead atoms. The summed E-state index contributed by atoms with van der Waals surface area (Å²) < 4.78 is 5.66. The van der Waals surface area contributed by atoms with Crippen LogP contribution >= 0.6 is 0 Å². The standard InChI is InChI=1S/C21H24N2O/c1-14-8-5-6-10-18(14)23-13-12-16-15(2)22(3)21-17(20(16)23)9-7-11-19(21)24-4/h5-11,15H,12-13H2,1-4H3. The molecular weight excluding hydrogens is 296 g/mol. The molecule has 2 aromatic rings. The van der Waals surface area contributed by atoms with E-state index in [1.807, 2.05) is 0 Å². The Morgan fingerprint density at radius 3 is 2.62 bits per heavy atom. The van der Waals surface area contributed by atoms with Crippen LogP contribution in [0, 0.1) is 6.92 Å². The van der Waals surface area contributed by atoms with Crippen molar-refractivity contribution in [2.75, 3.05) is 30.5 Å². The molecule has 0 amide bonds. The fraction of sp³-hybridized carbons (Fsp3) is 0.333. The summed E-state index contributed by atoms with van der Waals surface area (Å²) in [4.78, 5) is 4.85. The third kappa shape index (κ3) is 2.04. The van der Waals surface area contributed by atoms with E-state index < -0.39 is 0 Å². The summed E-state index contributed by atoms with van der Waals surface area (Å²) in [5.74, 6) is 0.949. The highest BCUT2D eigenvalue weighted by Crippen LogP contribution is 2.48. The van der Waals surface area contributed by atoms with Crippen molar-refractivity contribution >= 4 is 17.1 Å². The molecule has 1 unspecified atom stereocenters. The molecule has 1 atom stereocenters. The molecule has 3 heteroatoms. The number of para-hydroxylation sites is 2. The van der Waals surface area contributed by atoms with Crippen molar-refractivity contribution in [3.8, 4) is 5.75 Å². The van der Waals surface area contributed by atoms with E-state index in [1.54, 1.807) is 7.11 Å². The van der Waals surface area contributed by atoms with Crippen LogP contribution in [-0.2, 0) is 0 Å². The highest BCUT2D eigenvalue weighted by atomic mass is 16.5. The Hall–Kier alpha value is -2.42. The van der Waals surface area contributed by atoms with Gasteiger partial charge < -0.3 is 14.5 Å². The first-order chi connectivity index (χ1) is 11.6. The summed E-state index contributed by atoms with van der Waals surface area (Å²) in [6.45, 7) is 5.54. The van der Waals surface area contributed by atoms with E-state index in [2.05, 4.69) is 73.2 Å². The van der Waals surface area contributed by atoms with Gasteiger partial charge in [0.1, 0.15) is 5.75 Å². The van der Waals surface area contributed by atoms with Crippen LogP contribution in [0.3, 0.4) is 0 Å². The fourth-order valence-corrected chi connectivity index (χ4v) is 4.14. The van der Waals surface area contributed by atoms with Gasteiger partial charge in [0.25, 0.3) is 0 Å². The maximum Gasteiger partial charge on any atom is 0.142 e. The molecule has 0 fully saturated rings. The minimum Gasteiger partial charge on any atom is -0.495 e. The summed E-state index contributed by atoms with van der Waals surface area (Å²) in [6, 6.07) is 15.4. The zero-order chi connectivity index (χ0) is 16.8. The lowest BCUT2D eigenvalue weighted by molar-refractivity contribution is 0.414. The van der Waals surface area contributed by atoms with Gasteiger partial charge in [-0.05, 0) is 43.5 Å². The Morgan fingerprint density at radius 1 is 1.08 bits per heavy atom. The number of rotatable bonds is 2. The average molecular weight is 320 g/mol. The van der Waals surface area contributed by atoms with Crippen molar-refractivity contribution in [2.24, 2.45) is 0 Å². The van der Waals surface area contributed by atoms with Crippen LogP contribution in [0.5, 0.6) is 5.75 Å². The molecule has 2 aliphatic rings. The number of nitrogens with zero attached hydrogens (tertiary/aromatic N) is 2. The lowest BCUT2D eigenvalue weighted by Gasteiger charge is -2.38. The number of likely N-dealkylation sites (N-methyl/N-ethyl adjacent to an activating group) is 1. The van der Waals surface area contributed by atoms with Crippen molar-refractivity contribution in [1.29, 1.82) is 0 Å². The number of hydrogen-bond donors (Lipinski definition) is 0. The van der Waals surface area contributed by atoms with Crippen molar-refractivity contribution in [1.82, 2.24) is 0 Å². The highest BCUT2D eigenvalue weighted by Gasteiger charge is 2.37. The zero-order valence-electron chi connectivity index (χ0n) is 14.8. The van der Waals surface area contributed by atoms with Gasteiger partial charge in [-0.15, -0.1) is 0 Å². The lowest BCUT2D eigenvalue weighted by Crippen LogP contribution is -2.35. The Bertz CT molecular complexity index is 824. The van der Waals surface area contributed by atoms with Crippen LogP contribution in [0.25, 0.3) is 5.70 Å². The van der Waals surface area contributed by atoms with Crippen LogP contribution in [0.2, 0.25) is 0 Å². The zero-order valence-corrected chi connectivity index (χ0v) is 14.8. The molecule has 24 heavy (non-hydrogen) atoms. The van der Waals surface area contributed by atoms with E-state index in [0.29, 0.717) is 6.04 Å². The molecule has 3 nitrogen and oxygen atoms in total. The van der Waals surface area contributed by atoms with Gasteiger partial charge in [0.15, 0.2) is 0 Å². The molecule has 2 aromatic carbocycles. The number of hydrogen-bond acceptors (Lipinski definition) is 3. The Morgan fingerprint density at radius 2 is 1.88 bits per heavy atom. The van der Waals surface area contributed by atoms with Gasteiger partial charge in [0.05, 0.1) is 18.5 Å². The van der Waals surface area contributed by atoms with Crippen molar-refractivity contribution in [2.45, 2.75) is 26.3 Å². The number of aryl methyl sites for hydroxylation is 1. The Kier molecular flexibility index (Phi) is 3.52. The number of fused-ring (bicyclic) bond motifs is 2. The topological polar surface area (TPSA) is 15.7 Å². The molecule has 0 aliphatic carbocycles. The predicted molar refractivity (Wildman–Crippen MR) is 101 cm³/mol. The molecule has 0 aromatic heterocycles. The van der Waals surface area contributed by atoms with Crippen LogP contribution < -0.4 is 14.5 Å². The molecular formula is C21H24N2O. The van der Waals surface area contributed by atoms with Gasteiger partial charge in [0.2, 0.25) is 0 Å². The van der Waals surface area contributed by atoms with E-state index in [4.69, 9.17) is 4.74 Å². The summed E-state index contributed by atoms with van der Waals surface area (Å²) in [5, 5.41) is 0. The van der Waals surface area contributed by atoms with E-state index in [-0.39, 0.29) is 0 Å². The monoisotopic (exact) mass is 320 g/mol. The number of methoxy groups -OCH3 is 1. The molecule has 124 valence electrons. The van der Waals surface area contributed by atoms with Crippen LogP contribution in [0.1, 0.15) is 24.5 Å². The number of benzene rings is 2. The largest absolute Gasteiger partial charge is 0.495 e. The molecule has 2 aliphatic heterocycles. The quantitative estimate of drug-likeness (QED) is 0.812. The van der Waals surface area contributed by atoms with E-state index >= 15 is 0 Å². The SMILES string of the molecule is COc1cccc2c1N(C)C(C)C1=C2N(c2ccccc2C)CC1. The molecule has 0 N–H and O–H groups in total. The minimum absolute atomic E-state index is 0.387. The van der Waals surface area contributed by atoms with Crippen molar-refractivity contribution < 1.29 is 4.74 Å². The maximum absolute atomic E-state index is 5.66. The van der Waals surface area contributed by atoms with Gasteiger partial charge in [-0.25, -0.2) is 0 Å². The normalized spacial score (nSPS) is 19.4. The third-order valence-electron chi connectivity index (χ3n) is 5.50. The highest BCUT2D eigenvalue weighted by molar-refractivity contribution is 5.94. The van der Waals surface area contributed by atoms with E-state index in [1.165, 1.54) is 33.8 Å². The van der Waals surface area contributed by atoms with Crippen molar-refractivity contribution in [3.63, 3.8) is 0 Å². The van der Waals surface area contributed by atoms with Gasteiger partial charge in [-0.1, -0.05) is 30.3 Å². The van der Waals surface area contributed by atoms with Gasteiger partial charge in [0, 0.05) is 30.9 Å². The minimum atomic E-state index is 0.387. The summed E-state index contributed by atoms with van der Waals surface area (Å²) in [6.07, 6.45) is 1.12. The third-order valence-corrected chi connectivity index (χ3v) is 5.50.